The minimum Gasteiger partial charge on any atom is -0.507 e. The highest BCUT2D eigenvalue weighted by Crippen LogP contribution is 2.38. The molecule has 0 unspecified atom stereocenters. The third kappa shape index (κ3) is 2.98. The van der Waals surface area contributed by atoms with E-state index in [0.717, 1.165) is 31.4 Å². The Balaban J connectivity index is 2.08. The van der Waals surface area contributed by atoms with Gasteiger partial charge in [-0.25, -0.2) is 9.97 Å². The summed E-state index contributed by atoms with van der Waals surface area (Å²) in [5.74, 6) is 1.63. The number of anilines is 1. The first kappa shape index (κ1) is 15.3. The molecule has 0 spiro atoms. The number of aromatic hydroxyl groups is 1. The number of benzene rings is 1. The summed E-state index contributed by atoms with van der Waals surface area (Å²) in [5.41, 5.74) is 7.64. The van der Waals surface area contributed by atoms with Gasteiger partial charge in [-0.3, -0.25) is 0 Å². The summed E-state index contributed by atoms with van der Waals surface area (Å²) in [4.78, 5) is 8.84. The SMILES string of the molecule is CC1CCC(c2nc(-c3ccccc3O)nc(N)c2C#N)CC1. The molecule has 1 aliphatic rings. The van der Waals surface area contributed by atoms with Gasteiger partial charge in [0.25, 0.3) is 0 Å². The lowest BCUT2D eigenvalue weighted by Crippen LogP contribution is -2.15. The van der Waals surface area contributed by atoms with Crippen LogP contribution < -0.4 is 5.73 Å². The standard InChI is InChI=1S/C18H20N4O/c1-11-6-8-12(9-7-11)16-14(10-19)17(20)22-18(21-16)13-4-2-3-5-15(13)23/h2-5,11-12,23H,6-9H2,1H3,(H2,20,21,22). The quantitative estimate of drug-likeness (QED) is 0.883. The number of nitriles is 1. The zero-order valence-corrected chi connectivity index (χ0v) is 13.2. The van der Waals surface area contributed by atoms with Gasteiger partial charge in [0.1, 0.15) is 23.2 Å². The summed E-state index contributed by atoms with van der Waals surface area (Å²) in [6.07, 6.45) is 4.27. The fourth-order valence-electron chi connectivity index (χ4n) is 3.22. The molecule has 5 nitrogen and oxygen atoms in total. The van der Waals surface area contributed by atoms with Gasteiger partial charge in [-0.1, -0.05) is 31.9 Å². The molecular formula is C18H20N4O. The van der Waals surface area contributed by atoms with Crippen molar-refractivity contribution in [2.75, 3.05) is 5.73 Å². The van der Waals surface area contributed by atoms with Gasteiger partial charge in [-0.2, -0.15) is 5.26 Å². The Bertz CT molecular complexity index is 758. The first-order valence-electron chi connectivity index (χ1n) is 7.96. The third-order valence-corrected chi connectivity index (χ3v) is 4.62. The molecular weight excluding hydrogens is 288 g/mol. The minimum atomic E-state index is 0.111. The molecule has 1 aliphatic carbocycles. The van der Waals surface area contributed by atoms with E-state index < -0.39 is 0 Å². The summed E-state index contributed by atoms with van der Waals surface area (Å²) < 4.78 is 0. The Morgan fingerprint density at radius 2 is 1.87 bits per heavy atom. The highest BCUT2D eigenvalue weighted by atomic mass is 16.3. The highest BCUT2D eigenvalue weighted by Gasteiger charge is 2.26. The Morgan fingerprint density at radius 1 is 1.17 bits per heavy atom. The highest BCUT2D eigenvalue weighted by molar-refractivity contribution is 5.66. The van der Waals surface area contributed by atoms with Crippen molar-refractivity contribution in [3.8, 4) is 23.2 Å². The molecule has 23 heavy (non-hydrogen) atoms. The number of phenols is 1. The van der Waals surface area contributed by atoms with Gasteiger partial charge >= 0.3 is 0 Å². The molecule has 0 atom stereocenters. The molecule has 0 aliphatic heterocycles. The Kier molecular flexibility index (Phi) is 4.16. The van der Waals surface area contributed by atoms with Gasteiger partial charge in [0.05, 0.1) is 11.3 Å². The van der Waals surface area contributed by atoms with E-state index in [-0.39, 0.29) is 17.5 Å². The summed E-state index contributed by atoms with van der Waals surface area (Å²) in [5, 5.41) is 19.5. The second kappa shape index (κ2) is 6.25. The molecule has 5 heteroatoms. The zero-order chi connectivity index (χ0) is 16.4. The predicted octanol–water partition coefficient (Wildman–Crippen LogP) is 3.60. The van der Waals surface area contributed by atoms with Crippen LogP contribution in [0.2, 0.25) is 0 Å². The largest absolute Gasteiger partial charge is 0.507 e. The number of phenolic OH excluding ortho intramolecular Hbond substituents is 1. The molecule has 0 amide bonds. The van der Waals surface area contributed by atoms with Crippen LogP contribution in [0.1, 0.15) is 49.8 Å². The van der Waals surface area contributed by atoms with Crippen LogP contribution in [0.4, 0.5) is 5.82 Å². The van der Waals surface area contributed by atoms with Gasteiger partial charge in [-0.15, -0.1) is 0 Å². The number of nitrogen functional groups attached to an aromatic ring is 1. The molecule has 3 rings (SSSR count). The first-order chi connectivity index (χ1) is 11.1. The van der Waals surface area contributed by atoms with Crippen LogP contribution in [-0.2, 0) is 0 Å². The summed E-state index contributed by atoms with van der Waals surface area (Å²) in [7, 11) is 0. The van der Waals surface area contributed by atoms with E-state index in [1.807, 2.05) is 6.07 Å². The molecule has 0 radical (unpaired) electrons. The topological polar surface area (TPSA) is 95.8 Å². The number of nitrogens with zero attached hydrogens (tertiary/aromatic N) is 3. The number of para-hydroxylation sites is 1. The van der Waals surface area contributed by atoms with Gasteiger partial charge in [-0.05, 0) is 30.9 Å². The number of aromatic nitrogens is 2. The van der Waals surface area contributed by atoms with Gasteiger partial charge in [0.2, 0.25) is 0 Å². The Morgan fingerprint density at radius 3 is 2.52 bits per heavy atom. The molecule has 1 saturated carbocycles. The third-order valence-electron chi connectivity index (χ3n) is 4.62. The average Bonchev–Trinajstić information content (AvgIpc) is 2.55. The maximum absolute atomic E-state index is 10.0. The van der Waals surface area contributed by atoms with Crippen molar-refractivity contribution >= 4 is 5.82 Å². The van der Waals surface area contributed by atoms with Crippen molar-refractivity contribution in [1.29, 1.82) is 5.26 Å². The maximum atomic E-state index is 10.0. The molecule has 0 saturated heterocycles. The average molecular weight is 308 g/mol. The van der Waals surface area contributed by atoms with E-state index in [0.29, 0.717) is 22.9 Å². The smallest absolute Gasteiger partial charge is 0.165 e. The maximum Gasteiger partial charge on any atom is 0.165 e. The van der Waals surface area contributed by atoms with Crippen molar-refractivity contribution in [3.63, 3.8) is 0 Å². The monoisotopic (exact) mass is 308 g/mol. The van der Waals surface area contributed by atoms with Crippen LogP contribution in [0, 0.1) is 17.2 Å². The molecule has 1 fully saturated rings. The molecule has 118 valence electrons. The van der Waals surface area contributed by atoms with E-state index >= 15 is 0 Å². The van der Waals surface area contributed by atoms with Crippen molar-refractivity contribution in [3.05, 3.63) is 35.5 Å². The Hall–Kier alpha value is -2.61. The summed E-state index contributed by atoms with van der Waals surface area (Å²) in [6, 6.07) is 9.06. The first-order valence-corrected chi connectivity index (χ1v) is 7.96. The fraction of sp³-hybridized carbons (Fsp3) is 0.389. The van der Waals surface area contributed by atoms with E-state index in [1.165, 1.54) is 0 Å². The van der Waals surface area contributed by atoms with Crippen LogP contribution in [0.5, 0.6) is 5.75 Å². The van der Waals surface area contributed by atoms with Crippen LogP contribution in [0.25, 0.3) is 11.4 Å². The number of hydrogen-bond donors (Lipinski definition) is 2. The molecule has 1 aromatic heterocycles. The van der Waals surface area contributed by atoms with Gasteiger partial charge in [0, 0.05) is 5.92 Å². The number of nitrogens with two attached hydrogens (primary N) is 1. The lowest BCUT2D eigenvalue weighted by molar-refractivity contribution is 0.344. The van der Waals surface area contributed by atoms with E-state index in [9.17, 15) is 10.4 Å². The molecule has 1 heterocycles. The number of rotatable bonds is 2. The summed E-state index contributed by atoms with van der Waals surface area (Å²) in [6.45, 7) is 2.25. The van der Waals surface area contributed by atoms with Crippen molar-refractivity contribution in [2.45, 2.75) is 38.5 Å². The molecule has 1 aromatic carbocycles. The second-order valence-corrected chi connectivity index (χ2v) is 6.28. The Labute approximate surface area is 135 Å². The van der Waals surface area contributed by atoms with Crippen molar-refractivity contribution < 1.29 is 5.11 Å². The number of hydrogen-bond acceptors (Lipinski definition) is 5. The fourth-order valence-corrected chi connectivity index (χ4v) is 3.22. The molecule has 0 bridgehead atoms. The van der Waals surface area contributed by atoms with Crippen LogP contribution in [0.15, 0.2) is 24.3 Å². The lowest BCUT2D eigenvalue weighted by atomic mass is 9.80. The minimum absolute atomic E-state index is 0.111. The van der Waals surface area contributed by atoms with Gasteiger partial charge in [0.15, 0.2) is 5.82 Å². The lowest BCUT2D eigenvalue weighted by Gasteiger charge is -2.26. The second-order valence-electron chi connectivity index (χ2n) is 6.28. The van der Waals surface area contributed by atoms with Crippen LogP contribution in [-0.4, -0.2) is 15.1 Å². The van der Waals surface area contributed by atoms with Crippen LogP contribution in [0.3, 0.4) is 0 Å². The van der Waals surface area contributed by atoms with E-state index in [2.05, 4.69) is 23.0 Å². The normalized spacial score (nSPS) is 20.9. The molecule has 3 N–H and O–H groups in total. The van der Waals surface area contributed by atoms with Gasteiger partial charge < -0.3 is 10.8 Å². The van der Waals surface area contributed by atoms with E-state index in [1.54, 1.807) is 18.2 Å². The predicted molar refractivity (Wildman–Crippen MR) is 88.6 cm³/mol. The summed E-state index contributed by atoms with van der Waals surface area (Å²) >= 11 is 0. The van der Waals surface area contributed by atoms with Crippen molar-refractivity contribution in [1.82, 2.24) is 9.97 Å². The molecule has 2 aromatic rings. The van der Waals surface area contributed by atoms with Crippen molar-refractivity contribution in [2.24, 2.45) is 5.92 Å². The van der Waals surface area contributed by atoms with Crippen LogP contribution >= 0.6 is 0 Å². The van der Waals surface area contributed by atoms with E-state index in [4.69, 9.17) is 5.73 Å². The zero-order valence-electron chi connectivity index (χ0n) is 13.2.